The molecule has 0 unspecified atom stereocenters. The minimum atomic E-state index is -0.0725. The number of hydrogen-bond acceptors (Lipinski definition) is 4. The van der Waals surface area contributed by atoms with Gasteiger partial charge in [-0.25, -0.2) is 4.98 Å². The average molecular weight is 379 g/mol. The molecule has 0 aliphatic heterocycles. The second-order valence-corrected chi connectivity index (χ2v) is 7.61. The molecule has 1 N–H and O–H groups in total. The molecule has 5 nitrogen and oxygen atoms in total. The fraction of sp³-hybridized carbons (Fsp3) is 0.286. The molecule has 0 radical (unpaired) electrons. The van der Waals surface area contributed by atoms with Crippen LogP contribution in [-0.2, 0) is 11.2 Å². The lowest BCUT2D eigenvalue weighted by molar-refractivity contribution is -0.116. The Hall–Kier alpha value is -2.60. The number of thioether (sulfide) groups is 1. The SMILES string of the molecule is CSc1ccc(NC(=O)CCc2nc3ccccc3c(=O)n2C2CC2)cc1. The molecule has 6 heteroatoms. The van der Waals surface area contributed by atoms with Crippen molar-refractivity contribution in [2.75, 3.05) is 11.6 Å². The van der Waals surface area contributed by atoms with Crippen molar-refractivity contribution in [1.82, 2.24) is 9.55 Å². The van der Waals surface area contributed by atoms with E-state index in [-0.39, 0.29) is 17.5 Å². The molecule has 27 heavy (non-hydrogen) atoms. The van der Waals surface area contributed by atoms with Gasteiger partial charge in [0, 0.05) is 29.5 Å². The second-order valence-electron chi connectivity index (χ2n) is 6.73. The topological polar surface area (TPSA) is 64.0 Å². The van der Waals surface area contributed by atoms with Crippen LogP contribution in [0.25, 0.3) is 10.9 Å². The number of aromatic nitrogens is 2. The lowest BCUT2D eigenvalue weighted by Gasteiger charge is -2.13. The van der Waals surface area contributed by atoms with Crippen molar-refractivity contribution in [3.63, 3.8) is 0 Å². The van der Waals surface area contributed by atoms with E-state index in [0.29, 0.717) is 29.6 Å². The van der Waals surface area contributed by atoms with E-state index in [2.05, 4.69) is 10.3 Å². The number of fused-ring (bicyclic) bond motifs is 1. The van der Waals surface area contributed by atoms with Gasteiger partial charge in [-0.05, 0) is 55.5 Å². The standard InChI is InChI=1S/C21H21N3O2S/c1-27-16-10-6-14(7-11-16)22-20(25)13-12-19-23-18-5-3-2-4-17(18)21(26)24(19)15-8-9-15/h2-7,10-11,15H,8-9,12-13H2,1H3,(H,22,25). The van der Waals surface area contributed by atoms with Crippen molar-refractivity contribution >= 4 is 34.3 Å². The minimum Gasteiger partial charge on any atom is -0.326 e. The van der Waals surface area contributed by atoms with Gasteiger partial charge in [0.15, 0.2) is 0 Å². The van der Waals surface area contributed by atoms with E-state index in [1.165, 1.54) is 0 Å². The molecular formula is C21H21N3O2S. The molecule has 1 aromatic heterocycles. The van der Waals surface area contributed by atoms with Crippen molar-refractivity contribution < 1.29 is 4.79 Å². The van der Waals surface area contributed by atoms with Crippen LogP contribution in [0.4, 0.5) is 5.69 Å². The number of nitrogens with zero attached hydrogens (tertiary/aromatic N) is 2. The summed E-state index contributed by atoms with van der Waals surface area (Å²) in [5, 5.41) is 3.56. The molecule has 2 aromatic carbocycles. The summed E-state index contributed by atoms with van der Waals surface area (Å²) >= 11 is 1.66. The number of carbonyl (C=O) groups is 1. The summed E-state index contributed by atoms with van der Waals surface area (Å²) in [4.78, 5) is 31.0. The fourth-order valence-corrected chi connectivity index (χ4v) is 3.61. The summed E-state index contributed by atoms with van der Waals surface area (Å²) in [5.41, 5.74) is 1.48. The number of benzene rings is 2. The number of nitrogens with one attached hydrogen (secondary N) is 1. The third kappa shape index (κ3) is 3.90. The molecule has 0 spiro atoms. The van der Waals surface area contributed by atoms with Crippen LogP contribution in [-0.4, -0.2) is 21.7 Å². The molecule has 1 saturated carbocycles. The highest BCUT2D eigenvalue weighted by molar-refractivity contribution is 7.98. The lowest BCUT2D eigenvalue weighted by atomic mass is 10.2. The van der Waals surface area contributed by atoms with Gasteiger partial charge in [0.1, 0.15) is 5.82 Å². The van der Waals surface area contributed by atoms with Crippen molar-refractivity contribution in [2.45, 2.75) is 36.6 Å². The van der Waals surface area contributed by atoms with E-state index in [0.717, 1.165) is 23.4 Å². The molecule has 1 fully saturated rings. The van der Waals surface area contributed by atoms with E-state index in [1.807, 2.05) is 54.8 Å². The van der Waals surface area contributed by atoms with Gasteiger partial charge < -0.3 is 5.32 Å². The molecular weight excluding hydrogens is 358 g/mol. The number of aryl methyl sites for hydroxylation is 1. The zero-order chi connectivity index (χ0) is 18.8. The lowest BCUT2D eigenvalue weighted by Crippen LogP contribution is -2.25. The fourth-order valence-electron chi connectivity index (χ4n) is 3.20. The third-order valence-corrected chi connectivity index (χ3v) is 5.49. The van der Waals surface area contributed by atoms with Gasteiger partial charge in [-0.2, -0.15) is 0 Å². The maximum atomic E-state index is 12.8. The van der Waals surface area contributed by atoms with Gasteiger partial charge in [0.2, 0.25) is 5.91 Å². The molecule has 4 rings (SSSR count). The van der Waals surface area contributed by atoms with Crippen LogP contribution >= 0.6 is 11.8 Å². The monoisotopic (exact) mass is 379 g/mol. The van der Waals surface area contributed by atoms with Crippen molar-refractivity contribution in [3.8, 4) is 0 Å². The van der Waals surface area contributed by atoms with Gasteiger partial charge in [0.25, 0.3) is 5.56 Å². The summed E-state index contributed by atoms with van der Waals surface area (Å²) in [6, 6.07) is 15.4. The Balaban J connectivity index is 1.51. The van der Waals surface area contributed by atoms with Gasteiger partial charge in [-0.3, -0.25) is 14.2 Å². The number of para-hydroxylation sites is 1. The van der Waals surface area contributed by atoms with E-state index in [1.54, 1.807) is 16.3 Å². The predicted molar refractivity (Wildman–Crippen MR) is 109 cm³/mol. The molecule has 1 amide bonds. The Kier molecular flexibility index (Phi) is 4.99. The quantitative estimate of drug-likeness (QED) is 0.657. The molecule has 0 atom stereocenters. The van der Waals surface area contributed by atoms with E-state index in [4.69, 9.17) is 0 Å². The first-order valence-electron chi connectivity index (χ1n) is 9.10. The zero-order valence-corrected chi connectivity index (χ0v) is 16.0. The Morgan fingerprint density at radius 3 is 2.63 bits per heavy atom. The van der Waals surface area contributed by atoms with Crippen LogP contribution in [0.3, 0.4) is 0 Å². The normalized spacial score (nSPS) is 13.7. The van der Waals surface area contributed by atoms with E-state index >= 15 is 0 Å². The molecule has 0 bridgehead atoms. The number of anilines is 1. The van der Waals surface area contributed by atoms with Crippen LogP contribution in [0.15, 0.2) is 58.2 Å². The summed E-state index contributed by atoms with van der Waals surface area (Å²) in [6.07, 6.45) is 4.76. The summed E-state index contributed by atoms with van der Waals surface area (Å²) in [6.45, 7) is 0. The first-order chi connectivity index (χ1) is 13.2. The second kappa shape index (κ2) is 7.56. The maximum Gasteiger partial charge on any atom is 0.261 e. The maximum absolute atomic E-state index is 12.8. The highest BCUT2D eigenvalue weighted by Crippen LogP contribution is 2.34. The van der Waals surface area contributed by atoms with Gasteiger partial charge >= 0.3 is 0 Å². The van der Waals surface area contributed by atoms with Crippen molar-refractivity contribution in [1.29, 1.82) is 0 Å². The highest BCUT2D eigenvalue weighted by atomic mass is 32.2. The molecule has 0 saturated heterocycles. The first kappa shape index (κ1) is 17.8. The molecule has 1 heterocycles. The number of rotatable bonds is 6. The number of hydrogen-bond donors (Lipinski definition) is 1. The smallest absolute Gasteiger partial charge is 0.261 e. The van der Waals surface area contributed by atoms with Crippen LogP contribution in [0, 0.1) is 0 Å². The summed E-state index contributed by atoms with van der Waals surface area (Å²) < 4.78 is 1.79. The summed E-state index contributed by atoms with van der Waals surface area (Å²) in [5.74, 6) is 0.630. The molecule has 3 aromatic rings. The molecule has 1 aliphatic carbocycles. The number of carbonyl (C=O) groups excluding carboxylic acids is 1. The first-order valence-corrected chi connectivity index (χ1v) is 10.3. The van der Waals surface area contributed by atoms with Crippen LogP contribution in [0.5, 0.6) is 0 Å². The minimum absolute atomic E-state index is 0.00571. The highest BCUT2D eigenvalue weighted by Gasteiger charge is 2.28. The van der Waals surface area contributed by atoms with E-state index < -0.39 is 0 Å². The molecule has 1 aliphatic rings. The van der Waals surface area contributed by atoms with Gasteiger partial charge in [0.05, 0.1) is 10.9 Å². The van der Waals surface area contributed by atoms with Crippen molar-refractivity contribution in [3.05, 3.63) is 64.7 Å². The largest absolute Gasteiger partial charge is 0.326 e. The summed E-state index contributed by atoms with van der Waals surface area (Å²) in [7, 11) is 0. The van der Waals surface area contributed by atoms with Gasteiger partial charge in [-0.1, -0.05) is 12.1 Å². The van der Waals surface area contributed by atoms with Crippen LogP contribution in [0.1, 0.15) is 31.1 Å². The Labute approximate surface area is 161 Å². The third-order valence-electron chi connectivity index (χ3n) is 4.74. The van der Waals surface area contributed by atoms with Gasteiger partial charge in [-0.15, -0.1) is 11.8 Å². The van der Waals surface area contributed by atoms with Crippen LogP contribution < -0.4 is 10.9 Å². The Morgan fingerprint density at radius 2 is 1.93 bits per heavy atom. The Morgan fingerprint density at radius 1 is 1.19 bits per heavy atom. The Bertz CT molecular complexity index is 1040. The zero-order valence-electron chi connectivity index (χ0n) is 15.1. The number of amides is 1. The van der Waals surface area contributed by atoms with Crippen molar-refractivity contribution in [2.24, 2.45) is 0 Å². The average Bonchev–Trinajstić information content (AvgIpc) is 3.52. The molecule has 138 valence electrons. The van der Waals surface area contributed by atoms with Crippen LogP contribution in [0.2, 0.25) is 0 Å². The van der Waals surface area contributed by atoms with E-state index in [9.17, 15) is 9.59 Å². The predicted octanol–water partition coefficient (Wildman–Crippen LogP) is 4.02.